The number of rotatable bonds is 5. The van der Waals surface area contributed by atoms with Crippen molar-refractivity contribution in [2.24, 2.45) is 5.92 Å². The van der Waals surface area contributed by atoms with Gasteiger partial charge >= 0.3 is 6.18 Å². The van der Waals surface area contributed by atoms with Gasteiger partial charge < -0.3 is 15.5 Å². The Morgan fingerprint density at radius 3 is 2.25 bits per heavy atom. The molecule has 3 amide bonds. The zero-order valence-corrected chi connectivity index (χ0v) is 19.6. The molecule has 1 heterocycles. The lowest BCUT2D eigenvalue weighted by Crippen LogP contribution is -2.45. The Balaban J connectivity index is 1.52. The molecular weight excluding hydrogens is 471 g/mol. The predicted molar refractivity (Wildman–Crippen MR) is 129 cm³/mol. The van der Waals surface area contributed by atoms with E-state index in [4.69, 9.17) is 0 Å². The smallest absolute Gasteiger partial charge is 0.351 e. The summed E-state index contributed by atoms with van der Waals surface area (Å²) in [7, 11) is 1.61. The van der Waals surface area contributed by atoms with E-state index in [-0.39, 0.29) is 11.5 Å². The Morgan fingerprint density at radius 2 is 1.53 bits per heavy atom. The molecular formula is C27H24F3N3O3. The van der Waals surface area contributed by atoms with E-state index in [9.17, 15) is 27.6 Å². The van der Waals surface area contributed by atoms with E-state index < -0.39 is 42.1 Å². The molecule has 6 nitrogen and oxygen atoms in total. The summed E-state index contributed by atoms with van der Waals surface area (Å²) in [6.07, 6.45) is -4.57. The van der Waals surface area contributed by atoms with Gasteiger partial charge in [0.1, 0.15) is 12.0 Å². The molecule has 0 aromatic heterocycles. The SMILES string of the molecule is CC(C(=O)NCc1ccccc1C(F)(F)F)C(=O)NC1C(=O)N(C)c2ccccc2-c2ccccc21. The van der Waals surface area contributed by atoms with Crippen molar-refractivity contribution in [3.05, 3.63) is 89.5 Å². The van der Waals surface area contributed by atoms with Gasteiger partial charge in [0.2, 0.25) is 11.8 Å². The third kappa shape index (κ3) is 4.82. The topological polar surface area (TPSA) is 78.5 Å². The summed E-state index contributed by atoms with van der Waals surface area (Å²) >= 11 is 0. The molecule has 3 aromatic rings. The molecule has 3 aromatic carbocycles. The number of para-hydroxylation sites is 1. The van der Waals surface area contributed by atoms with Crippen molar-refractivity contribution in [3.8, 4) is 11.1 Å². The highest BCUT2D eigenvalue weighted by Gasteiger charge is 2.36. The number of carbonyl (C=O) groups is 3. The lowest BCUT2D eigenvalue weighted by atomic mass is 9.95. The Labute approximate surface area is 206 Å². The van der Waals surface area contributed by atoms with Crippen molar-refractivity contribution >= 4 is 23.4 Å². The Hall–Kier alpha value is -4.14. The van der Waals surface area contributed by atoms with E-state index in [1.54, 1.807) is 19.2 Å². The second kappa shape index (κ2) is 9.85. The van der Waals surface area contributed by atoms with Gasteiger partial charge in [-0.15, -0.1) is 0 Å². The average molecular weight is 496 g/mol. The number of likely N-dealkylation sites (N-methyl/N-ethyl adjacent to an activating group) is 1. The first kappa shape index (κ1) is 25.0. The average Bonchev–Trinajstić information content (AvgIpc) is 2.96. The molecule has 2 atom stereocenters. The number of carbonyl (C=O) groups excluding carboxylic acids is 3. The van der Waals surface area contributed by atoms with Crippen LogP contribution in [0.25, 0.3) is 11.1 Å². The highest BCUT2D eigenvalue weighted by molar-refractivity contribution is 6.07. The number of alkyl halides is 3. The van der Waals surface area contributed by atoms with Crippen LogP contribution in [0.1, 0.15) is 29.7 Å². The fourth-order valence-corrected chi connectivity index (χ4v) is 4.25. The fraction of sp³-hybridized carbons (Fsp3) is 0.222. The second-order valence-electron chi connectivity index (χ2n) is 8.54. The number of hydrogen-bond acceptors (Lipinski definition) is 3. The third-order valence-electron chi connectivity index (χ3n) is 6.25. The molecule has 0 saturated carbocycles. The summed E-state index contributed by atoms with van der Waals surface area (Å²) in [6, 6.07) is 18.4. The summed E-state index contributed by atoms with van der Waals surface area (Å²) in [4.78, 5) is 40.5. The maximum atomic E-state index is 13.3. The summed E-state index contributed by atoms with van der Waals surface area (Å²) in [5.74, 6) is -3.11. The largest absolute Gasteiger partial charge is 0.416 e. The summed E-state index contributed by atoms with van der Waals surface area (Å²) in [5, 5.41) is 5.07. The number of nitrogens with one attached hydrogen (secondary N) is 2. The van der Waals surface area contributed by atoms with Crippen molar-refractivity contribution < 1.29 is 27.6 Å². The molecule has 2 unspecified atom stereocenters. The molecule has 0 spiro atoms. The Kier molecular flexibility index (Phi) is 6.83. The van der Waals surface area contributed by atoms with Gasteiger partial charge in [-0.1, -0.05) is 60.7 Å². The number of benzene rings is 3. The van der Waals surface area contributed by atoms with Crippen LogP contribution in [0, 0.1) is 5.92 Å². The maximum Gasteiger partial charge on any atom is 0.416 e. The zero-order valence-electron chi connectivity index (χ0n) is 19.6. The van der Waals surface area contributed by atoms with Crippen LogP contribution >= 0.6 is 0 Å². The number of fused-ring (bicyclic) bond motifs is 3. The fourth-order valence-electron chi connectivity index (χ4n) is 4.25. The molecule has 9 heteroatoms. The van der Waals surface area contributed by atoms with E-state index >= 15 is 0 Å². The molecule has 2 N–H and O–H groups in total. The van der Waals surface area contributed by atoms with Crippen molar-refractivity contribution in [2.45, 2.75) is 25.7 Å². The third-order valence-corrected chi connectivity index (χ3v) is 6.25. The summed E-state index contributed by atoms with van der Waals surface area (Å²) in [5.41, 5.74) is 1.90. The lowest BCUT2D eigenvalue weighted by molar-refractivity contribution is -0.139. The van der Waals surface area contributed by atoms with Crippen LogP contribution in [0.5, 0.6) is 0 Å². The quantitative estimate of drug-likeness (QED) is 0.513. The molecule has 186 valence electrons. The van der Waals surface area contributed by atoms with Gasteiger partial charge in [-0.3, -0.25) is 14.4 Å². The van der Waals surface area contributed by atoms with Gasteiger partial charge in [0, 0.05) is 19.2 Å². The molecule has 0 radical (unpaired) electrons. The molecule has 0 aliphatic carbocycles. The number of hydrogen-bond donors (Lipinski definition) is 2. The minimum absolute atomic E-state index is 0.113. The van der Waals surface area contributed by atoms with Gasteiger partial charge in [-0.25, -0.2) is 0 Å². The van der Waals surface area contributed by atoms with Gasteiger partial charge in [0.25, 0.3) is 5.91 Å². The van der Waals surface area contributed by atoms with Crippen molar-refractivity contribution in [1.82, 2.24) is 10.6 Å². The molecule has 1 aliphatic heterocycles. The highest BCUT2D eigenvalue weighted by atomic mass is 19.4. The first-order chi connectivity index (χ1) is 17.1. The van der Waals surface area contributed by atoms with Crippen molar-refractivity contribution in [2.75, 3.05) is 11.9 Å². The first-order valence-electron chi connectivity index (χ1n) is 11.3. The molecule has 0 fully saturated rings. The number of nitrogens with zero attached hydrogens (tertiary/aromatic N) is 1. The van der Waals surface area contributed by atoms with Gasteiger partial charge in [0.05, 0.1) is 11.3 Å². The van der Waals surface area contributed by atoms with Crippen LogP contribution in [0.3, 0.4) is 0 Å². The minimum atomic E-state index is -4.57. The predicted octanol–water partition coefficient (Wildman–Crippen LogP) is 4.46. The van der Waals surface area contributed by atoms with E-state index in [0.29, 0.717) is 11.3 Å². The lowest BCUT2D eigenvalue weighted by Gasteiger charge is -2.24. The Morgan fingerprint density at radius 1 is 0.917 bits per heavy atom. The van der Waals surface area contributed by atoms with Crippen molar-refractivity contribution in [1.29, 1.82) is 0 Å². The van der Waals surface area contributed by atoms with Crippen molar-refractivity contribution in [3.63, 3.8) is 0 Å². The van der Waals surface area contributed by atoms with Crippen LogP contribution in [-0.4, -0.2) is 24.8 Å². The van der Waals surface area contributed by atoms with Gasteiger partial charge in [-0.05, 0) is 35.7 Å². The van der Waals surface area contributed by atoms with Gasteiger partial charge in [0.15, 0.2) is 0 Å². The summed E-state index contributed by atoms with van der Waals surface area (Å²) in [6.45, 7) is 0.946. The number of amides is 3. The molecule has 36 heavy (non-hydrogen) atoms. The van der Waals surface area contributed by atoms with Crippen LogP contribution in [-0.2, 0) is 27.1 Å². The molecule has 1 aliphatic rings. The van der Waals surface area contributed by atoms with E-state index in [2.05, 4.69) is 10.6 Å². The van der Waals surface area contributed by atoms with Gasteiger partial charge in [-0.2, -0.15) is 13.2 Å². The normalized spacial score (nSPS) is 15.9. The molecule has 0 saturated heterocycles. The minimum Gasteiger partial charge on any atom is -0.351 e. The van der Waals surface area contributed by atoms with Crippen LogP contribution in [0.15, 0.2) is 72.8 Å². The summed E-state index contributed by atoms with van der Waals surface area (Å²) < 4.78 is 39.7. The maximum absolute atomic E-state index is 13.3. The van der Waals surface area contributed by atoms with Crippen LogP contribution in [0.4, 0.5) is 18.9 Å². The monoisotopic (exact) mass is 495 g/mol. The molecule has 0 bridgehead atoms. The molecule has 4 rings (SSSR count). The standard InChI is InChI=1S/C27H24F3N3O3/c1-16(24(34)31-15-17-9-3-7-13-21(17)27(28,29)30)25(35)32-23-20-12-5-4-10-18(20)19-11-6-8-14-22(19)33(2)26(23)36/h3-14,16,23H,15H2,1-2H3,(H,31,34)(H,32,35). The number of anilines is 1. The second-order valence-corrected chi connectivity index (χ2v) is 8.54. The van der Waals surface area contributed by atoms with Crippen LogP contribution in [0.2, 0.25) is 0 Å². The van der Waals surface area contributed by atoms with E-state index in [0.717, 1.165) is 17.2 Å². The first-order valence-corrected chi connectivity index (χ1v) is 11.3. The highest BCUT2D eigenvalue weighted by Crippen LogP contribution is 2.39. The number of halogens is 3. The van der Waals surface area contributed by atoms with E-state index in [1.807, 2.05) is 36.4 Å². The van der Waals surface area contributed by atoms with Crippen LogP contribution < -0.4 is 15.5 Å². The zero-order chi connectivity index (χ0) is 26.0. The van der Waals surface area contributed by atoms with E-state index in [1.165, 1.54) is 30.0 Å². The Bertz CT molecular complexity index is 1320.